The Morgan fingerprint density at radius 3 is 2.45 bits per heavy atom. The van der Waals surface area contributed by atoms with E-state index in [0.717, 1.165) is 25.9 Å². The summed E-state index contributed by atoms with van der Waals surface area (Å²) in [5.74, 6) is 0.137. The average molecular weight is 358 g/mol. The monoisotopic (exact) mass is 357 g/mol. The molecule has 1 fully saturated rings. The number of halogens is 1. The van der Waals surface area contributed by atoms with Crippen molar-refractivity contribution in [1.29, 1.82) is 0 Å². The lowest BCUT2D eigenvalue weighted by Crippen LogP contribution is -2.47. The van der Waals surface area contributed by atoms with Crippen molar-refractivity contribution in [2.24, 2.45) is 5.92 Å². The lowest BCUT2D eigenvalue weighted by atomic mass is 9.98. The number of rotatable bonds is 8. The molecule has 1 aliphatic rings. The minimum absolute atomic E-state index is 0. The molecule has 0 aromatic carbocycles. The maximum Gasteiger partial charge on any atom is 0.306 e. The van der Waals surface area contributed by atoms with Gasteiger partial charge in [-0.2, -0.15) is 17.0 Å². The summed E-state index contributed by atoms with van der Waals surface area (Å²) in [6, 6.07) is 0. The van der Waals surface area contributed by atoms with Gasteiger partial charge >= 0.3 is 5.97 Å². The van der Waals surface area contributed by atoms with Crippen LogP contribution in [-0.2, 0) is 19.7 Å². The first-order valence-corrected chi connectivity index (χ1v) is 8.80. The number of esters is 1. The van der Waals surface area contributed by atoms with E-state index < -0.39 is 16.2 Å². The highest BCUT2D eigenvalue weighted by Gasteiger charge is 2.30. The third-order valence-corrected chi connectivity index (χ3v) is 5.82. The molecular weight excluding hydrogens is 330 g/mol. The topological polar surface area (TPSA) is 79.0 Å². The Kier molecular flexibility index (Phi) is 10.2. The van der Waals surface area contributed by atoms with E-state index in [9.17, 15) is 13.2 Å². The van der Waals surface area contributed by atoms with E-state index in [1.807, 2.05) is 0 Å². The van der Waals surface area contributed by atoms with Gasteiger partial charge in [-0.1, -0.05) is 6.92 Å². The SMILES string of the molecule is CCNCC1CCN(S(=O)(=O)N(C)CCC(=O)OC)CC1.Cl. The molecule has 0 spiro atoms. The molecule has 0 unspecified atom stereocenters. The van der Waals surface area contributed by atoms with Crippen LogP contribution in [-0.4, -0.2) is 69.9 Å². The Labute approximate surface area is 140 Å². The second-order valence-electron chi connectivity index (χ2n) is 5.31. The summed E-state index contributed by atoms with van der Waals surface area (Å²) in [5.41, 5.74) is 0. The van der Waals surface area contributed by atoms with Crippen molar-refractivity contribution in [3.8, 4) is 0 Å². The first-order valence-electron chi connectivity index (χ1n) is 7.40. The number of nitrogens with one attached hydrogen (secondary N) is 1. The molecule has 0 radical (unpaired) electrons. The van der Waals surface area contributed by atoms with Crippen molar-refractivity contribution < 1.29 is 17.9 Å². The van der Waals surface area contributed by atoms with Gasteiger partial charge in [-0.25, -0.2) is 0 Å². The number of ether oxygens (including phenoxy) is 1. The van der Waals surface area contributed by atoms with Crippen molar-refractivity contribution >= 4 is 28.6 Å². The van der Waals surface area contributed by atoms with E-state index in [-0.39, 0.29) is 25.4 Å². The molecule has 9 heteroatoms. The van der Waals surface area contributed by atoms with Gasteiger partial charge in [0, 0.05) is 26.7 Å². The van der Waals surface area contributed by atoms with Gasteiger partial charge in [0.05, 0.1) is 13.5 Å². The molecule has 0 aromatic rings. The van der Waals surface area contributed by atoms with Gasteiger partial charge in [0.1, 0.15) is 0 Å². The van der Waals surface area contributed by atoms with Crippen LogP contribution < -0.4 is 5.32 Å². The molecule has 132 valence electrons. The summed E-state index contributed by atoms with van der Waals surface area (Å²) in [7, 11) is -0.671. The molecule has 0 atom stereocenters. The Balaban J connectivity index is 0.00000441. The van der Waals surface area contributed by atoms with Gasteiger partial charge in [0.2, 0.25) is 0 Å². The fourth-order valence-electron chi connectivity index (χ4n) is 2.36. The number of carbonyl (C=O) groups excluding carboxylic acids is 1. The van der Waals surface area contributed by atoms with Crippen LogP contribution >= 0.6 is 12.4 Å². The Bertz CT molecular complexity index is 425. The van der Waals surface area contributed by atoms with Crippen LogP contribution in [0.15, 0.2) is 0 Å². The van der Waals surface area contributed by atoms with Gasteiger partial charge in [-0.05, 0) is 31.8 Å². The molecule has 0 aromatic heterocycles. The van der Waals surface area contributed by atoms with Crippen molar-refractivity contribution in [3.05, 3.63) is 0 Å². The summed E-state index contributed by atoms with van der Waals surface area (Å²) < 4.78 is 32.0. The van der Waals surface area contributed by atoms with Crippen LogP contribution in [0.25, 0.3) is 0 Å². The molecule has 0 amide bonds. The van der Waals surface area contributed by atoms with Crippen LogP contribution in [0.1, 0.15) is 26.2 Å². The minimum Gasteiger partial charge on any atom is -0.469 e. The van der Waals surface area contributed by atoms with E-state index in [0.29, 0.717) is 19.0 Å². The van der Waals surface area contributed by atoms with Crippen LogP contribution in [0.2, 0.25) is 0 Å². The summed E-state index contributed by atoms with van der Waals surface area (Å²) in [6.45, 7) is 5.18. The molecule has 0 bridgehead atoms. The van der Waals surface area contributed by atoms with E-state index in [4.69, 9.17) is 0 Å². The molecule has 1 rings (SSSR count). The molecule has 7 nitrogen and oxygen atoms in total. The van der Waals surface area contributed by atoms with Crippen molar-refractivity contribution in [2.45, 2.75) is 26.2 Å². The highest BCUT2D eigenvalue weighted by Crippen LogP contribution is 2.20. The molecule has 1 aliphatic heterocycles. The minimum atomic E-state index is -3.47. The van der Waals surface area contributed by atoms with Crippen LogP contribution in [0.4, 0.5) is 0 Å². The maximum atomic E-state index is 12.4. The smallest absolute Gasteiger partial charge is 0.306 e. The van der Waals surface area contributed by atoms with Gasteiger partial charge in [-0.3, -0.25) is 4.79 Å². The Morgan fingerprint density at radius 1 is 1.36 bits per heavy atom. The largest absolute Gasteiger partial charge is 0.469 e. The second kappa shape index (κ2) is 10.4. The van der Waals surface area contributed by atoms with E-state index in [1.165, 1.54) is 22.8 Å². The quantitative estimate of drug-likeness (QED) is 0.639. The second-order valence-corrected chi connectivity index (χ2v) is 7.34. The Morgan fingerprint density at radius 2 is 1.95 bits per heavy atom. The summed E-state index contributed by atoms with van der Waals surface area (Å²) in [6.07, 6.45) is 1.82. The summed E-state index contributed by atoms with van der Waals surface area (Å²) >= 11 is 0. The molecule has 1 N–H and O–H groups in total. The van der Waals surface area contributed by atoms with Crippen LogP contribution in [0, 0.1) is 5.92 Å². The van der Waals surface area contributed by atoms with Crippen molar-refractivity contribution in [1.82, 2.24) is 13.9 Å². The fraction of sp³-hybridized carbons (Fsp3) is 0.923. The van der Waals surface area contributed by atoms with Crippen LogP contribution in [0.5, 0.6) is 0 Å². The molecule has 1 saturated heterocycles. The van der Waals surface area contributed by atoms with Crippen molar-refractivity contribution in [2.75, 3.05) is 46.9 Å². The third-order valence-electron chi connectivity index (χ3n) is 3.84. The first-order chi connectivity index (χ1) is 9.91. The van der Waals surface area contributed by atoms with Crippen molar-refractivity contribution in [3.63, 3.8) is 0 Å². The number of piperidine rings is 1. The zero-order chi connectivity index (χ0) is 15.9. The van der Waals surface area contributed by atoms with Gasteiger partial charge < -0.3 is 10.1 Å². The third kappa shape index (κ3) is 6.37. The van der Waals surface area contributed by atoms with E-state index in [2.05, 4.69) is 17.0 Å². The van der Waals surface area contributed by atoms with E-state index in [1.54, 1.807) is 0 Å². The standard InChI is InChI=1S/C13H27N3O4S.ClH/c1-4-14-11-12-5-9-16(10-6-12)21(18,19)15(2)8-7-13(17)20-3;/h12,14H,4-11H2,1-3H3;1H. The molecule has 0 aliphatic carbocycles. The van der Waals surface area contributed by atoms with E-state index >= 15 is 0 Å². The highest BCUT2D eigenvalue weighted by atomic mass is 35.5. The maximum absolute atomic E-state index is 12.4. The zero-order valence-corrected chi connectivity index (χ0v) is 15.2. The van der Waals surface area contributed by atoms with Crippen LogP contribution in [0.3, 0.4) is 0 Å². The number of hydrogen-bond donors (Lipinski definition) is 1. The number of hydrogen-bond acceptors (Lipinski definition) is 5. The zero-order valence-electron chi connectivity index (χ0n) is 13.6. The molecule has 0 saturated carbocycles. The summed E-state index contributed by atoms with van der Waals surface area (Å²) in [5, 5.41) is 3.30. The molecular formula is C13H28ClN3O4S. The number of carbonyl (C=O) groups is 1. The van der Waals surface area contributed by atoms with Gasteiger partial charge in [0.15, 0.2) is 0 Å². The highest BCUT2D eigenvalue weighted by molar-refractivity contribution is 7.86. The molecule has 22 heavy (non-hydrogen) atoms. The lowest BCUT2D eigenvalue weighted by molar-refractivity contribution is -0.140. The Hall–Kier alpha value is -0.410. The lowest BCUT2D eigenvalue weighted by Gasteiger charge is -2.33. The normalized spacial score (nSPS) is 17.3. The number of methoxy groups -OCH3 is 1. The fourth-order valence-corrected chi connectivity index (χ4v) is 3.74. The first kappa shape index (κ1) is 21.6. The predicted octanol–water partition coefficient (Wildman–Crippen LogP) is 0.469. The van der Waals surface area contributed by atoms with Gasteiger partial charge in [-0.15, -0.1) is 12.4 Å². The summed E-state index contributed by atoms with van der Waals surface area (Å²) in [4.78, 5) is 11.1. The predicted molar refractivity (Wildman–Crippen MR) is 88.3 cm³/mol. The van der Waals surface area contributed by atoms with Gasteiger partial charge in [0.25, 0.3) is 10.2 Å². The average Bonchev–Trinajstić information content (AvgIpc) is 2.50. The number of nitrogens with zero attached hydrogens (tertiary/aromatic N) is 2. The molecule has 1 heterocycles.